The molecule has 124 valence electrons. The van der Waals surface area contributed by atoms with E-state index >= 15 is 0 Å². The Morgan fingerprint density at radius 3 is 2.79 bits per heavy atom. The summed E-state index contributed by atoms with van der Waals surface area (Å²) >= 11 is 0.831. The van der Waals surface area contributed by atoms with E-state index in [1.165, 1.54) is 10.8 Å². The van der Waals surface area contributed by atoms with Gasteiger partial charge in [-0.1, -0.05) is 30.3 Å². The summed E-state index contributed by atoms with van der Waals surface area (Å²) in [4.78, 5) is 23.0. The van der Waals surface area contributed by atoms with E-state index in [1.54, 1.807) is 13.1 Å². The zero-order chi connectivity index (χ0) is 17.1. The van der Waals surface area contributed by atoms with Gasteiger partial charge in [-0.3, -0.25) is 14.9 Å². The smallest absolute Gasteiger partial charge is 0.290 e. The number of rotatable bonds is 5. The average molecular weight is 345 g/mol. The van der Waals surface area contributed by atoms with Crippen molar-refractivity contribution in [2.45, 2.75) is 6.10 Å². The van der Waals surface area contributed by atoms with Crippen molar-refractivity contribution in [1.29, 1.82) is 0 Å². The molecule has 0 spiro atoms. The summed E-state index contributed by atoms with van der Waals surface area (Å²) in [5, 5.41) is 16.1. The van der Waals surface area contributed by atoms with Crippen LogP contribution in [-0.4, -0.2) is 32.6 Å². The SMILES string of the molecule is Cn1nc(/C=C2\SC(=O)NC2=O)cc1OCC(O)c1ccccc1. The molecule has 0 radical (unpaired) electrons. The predicted octanol–water partition coefficient (Wildman–Crippen LogP) is 1.86. The Kier molecular flexibility index (Phi) is 4.68. The lowest BCUT2D eigenvalue weighted by molar-refractivity contribution is -0.115. The Morgan fingerprint density at radius 1 is 1.38 bits per heavy atom. The standard InChI is InChI=1S/C16H15N3O4S/c1-19-14(23-9-12(20)10-5-3-2-4-6-10)8-11(18-19)7-13-15(21)17-16(22)24-13/h2-8,12,20H,9H2,1H3,(H,17,21,22)/b13-7-. The third kappa shape index (κ3) is 3.66. The zero-order valence-corrected chi connectivity index (χ0v) is 13.6. The highest BCUT2D eigenvalue weighted by molar-refractivity contribution is 8.18. The molecule has 7 nitrogen and oxygen atoms in total. The molecule has 1 atom stereocenters. The maximum atomic E-state index is 11.5. The van der Waals surface area contributed by atoms with Crippen LogP contribution in [0, 0.1) is 0 Å². The highest BCUT2D eigenvalue weighted by atomic mass is 32.2. The number of carbonyl (C=O) groups is 2. The lowest BCUT2D eigenvalue weighted by Gasteiger charge is -2.12. The van der Waals surface area contributed by atoms with Gasteiger partial charge < -0.3 is 9.84 Å². The third-order valence-electron chi connectivity index (χ3n) is 3.35. The van der Waals surface area contributed by atoms with Crippen LogP contribution in [0.25, 0.3) is 6.08 Å². The molecular formula is C16H15N3O4S. The molecule has 1 saturated heterocycles. The summed E-state index contributed by atoms with van der Waals surface area (Å²) in [6, 6.07) is 10.8. The quantitative estimate of drug-likeness (QED) is 0.804. The maximum Gasteiger partial charge on any atom is 0.290 e. The second kappa shape index (κ2) is 6.90. The van der Waals surface area contributed by atoms with Crippen molar-refractivity contribution in [3.8, 4) is 5.88 Å². The number of amides is 2. The van der Waals surface area contributed by atoms with Gasteiger partial charge in [0.25, 0.3) is 11.1 Å². The molecule has 2 aromatic rings. The van der Waals surface area contributed by atoms with Crippen LogP contribution in [0.5, 0.6) is 5.88 Å². The fourth-order valence-corrected chi connectivity index (χ4v) is 2.83. The molecule has 0 bridgehead atoms. The molecule has 2 heterocycles. The second-order valence-electron chi connectivity index (χ2n) is 5.12. The molecule has 1 aliphatic heterocycles. The van der Waals surface area contributed by atoms with Crippen LogP contribution in [-0.2, 0) is 11.8 Å². The van der Waals surface area contributed by atoms with Crippen LogP contribution < -0.4 is 10.1 Å². The number of hydrogen-bond acceptors (Lipinski definition) is 6. The number of carbonyl (C=O) groups excluding carboxylic acids is 2. The van der Waals surface area contributed by atoms with Gasteiger partial charge in [0, 0.05) is 13.1 Å². The molecule has 0 saturated carbocycles. The topological polar surface area (TPSA) is 93.5 Å². The van der Waals surface area contributed by atoms with Gasteiger partial charge in [-0.15, -0.1) is 0 Å². The molecule has 1 aliphatic rings. The molecular weight excluding hydrogens is 330 g/mol. The van der Waals surface area contributed by atoms with Gasteiger partial charge in [0.1, 0.15) is 12.7 Å². The molecule has 8 heteroatoms. The Labute approximate surface area is 142 Å². The number of hydrogen-bond donors (Lipinski definition) is 2. The number of aryl methyl sites for hydroxylation is 1. The van der Waals surface area contributed by atoms with Gasteiger partial charge in [-0.05, 0) is 23.4 Å². The lowest BCUT2D eigenvalue weighted by Crippen LogP contribution is -2.17. The summed E-state index contributed by atoms with van der Waals surface area (Å²) in [7, 11) is 1.69. The molecule has 0 aliphatic carbocycles. The van der Waals surface area contributed by atoms with Crippen LogP contribution >= 0.6 is 11.8 Å². The third-order valence-corrected chi connectivity index (χ3v) is 4.16. The molecule has 1 unspecified atom stereocenters. The Balaban J connectivity index is 1.67. The minimum Gasteiger partial charge on any atom is -0.475 e. The van der Waals surface area contributed by atoms with Crippen LogP contribution in [0.15, 0.2) is 41.3 Å². The van der Waals surface area contributed by atoms with Crippen LogP contribution in [0.3, 0.4) is 0 Å². The number of imide groups is 1. The van der Waals surface area contributed by atoms with E-state index in [1.807, 2.05) is 30.3 Å². The summed E-state index contributed by atoms with van der Waals surface area (Å²) in [6.45, 7) is 0.0767. The van der Waals surface area contributed by atoms with Crippen molar-refractivity contribution < 1.29 is 19.4 Å². The number of ether oxygens (including phenoxy) is 1. The van der Waals surface area contributed by atoms with Crippen molar-refractivity contribution >= 4 is 29.0 Å². The Hall–Kier alpha value is -2.58. The molecule has 1 aromatic heterocycles. The van der Waals surface area contributed by atoms with Crippen molar-refractivity contribution in [3.63, 3.8) is 0 Å². The van der Waals surface area contributed by atoms with E-state index in [2.05, 4.69) is 10.4 Å². The largest absolute Gasteiger partial charge is 0.475 e. The van der Waals surface area contributed by atoms with Crippen LogP contribution in [0.2, 0.25) is 0 Å². The highest BCUT2D eigenvalue weighted by Crippen LogP contribution is 2.26. The van der Waals surface area contributed by atoms with Crippen molar-refractivity contribution in [2.24, 2.45) is 7.05 Å². The lowest BCUT2D eigenvalue weighted by atomic mass is 10.1. The summed E-state index contributed by atoms with van der Waals surface area (Å²) in [5.74, 6) is 0.0178. The monoisotopic (exact) mass is 345 g/mol. The van der Waals surface area contributed by atoms with E-state index in [0.29, 0.717) is 11.6 Å². The normalized spacial score (nSPS) is 17.2. The maximum absolute atomic E-state index is 11.5. The first-order valence-electron chi connectivity index (χ1n) is 7.17. The van der Waals surface area contributed by atoms with Crippen molar-refractivity contribution in [3.05, 3.63) is 52.6 Å². The molecule has 1 aromatic carbocycles. The van der Waals surface area contributed by atoms with Crippen LogP contribution in [0.1, 0.15) is 17.4 Å². The zero-order valence-electron chi connectivity index (χ0n) is 12.8. The van der Waals surface area contributed by atoms with Gasteiger partial charge in [0.05, 0.1) is 10.6 Å². The summed E-state index contributed by atoms with van der Waals surface area (Å²) in [6.07, 6.45) is 0.766. The van der Waals surface area contributed by atoms with E-state index in [9.17, 15) is 14.7 Å². The van der Waals surface area contributed by atoms with Gasteiger partial charge >= 0.3 is 0 Å². The average Bonchev–Trinajstić information content (AvgIpc) is 3.07. The van der Waals surface area contributed by atoms with Gasteiger partial charge in [0.15, 0.2) is 0 Å². The number of aromatic nitrogens is 2. The molecule has 1 fully saturated rings. The van der Waals surface area contributed by atoms with Gasteiger partial charge in [-0.25, -0.2) is 4.68 Å². The van der Waals surface area contributed by atoms with Crippen molar-refractivity contribution in [1.82, 2.24) is 15.1 Å². The first kappa shape index (κ1) is 16.3. The minimum atomic E-state index is -0.753. The number of aliphatic hydroxyl groups excluding tert-OH is 1. The molecule has 2 amide bonds. The fourth-order valence-electron chi connectivity index (χ4n) is 2.17. The number of nitrogens with zero attached hydrogens (tertiary/aromatic N) is 2. The fraction of sp³-hybridized carbons (Fsp3) is 0.188. The number of thioether (sulfide) groups is 1. The molecule has 2 N–H and O–H groups in total. The Bertz CT molecular complexity index is 801. The predicted molar refractivity (Wildman–Crippen MR) is 89.2 cm³/mol. The first-order chi connectivity index (χ1) is 11.5. The van der Waals surface area contributed by atoms with E-state index in [0.717, 1.165) is 17.3 Å². The Morgan fingerprint density at radius 2 is 2.12 bits per heavy atom. The first-order valence-corrected chi connectivity index (χ1v) is 7.99. The van der Waals surface area contributed by atoms with Crippen LogP contribution in [0.4, 0.5) is 4.79 Å². The van der Waals surface area contributed by atoms with E-state index < -0.39 is 17.3 Å². The summed E-state index contributed by atoms with van der Waals surface area (Å²) in [5.41, 5.74) is 1.26. The number of aliphatic hydroxyl groups is 1. The molecule has 3 rings (SSSR count). The van der Waals surface area contributed by atoms with E-state index in [-0.39, 0.29) is 11.5 Å². The minimum absolute atomic E-state index is 0.0767. The van der Waals surface area contributed by atoms with E-state index in [4.69, 9.17) is 4.74 Å². The van der Waals surface area contributed by atoms with Gasteiger partial charge in [-0.2, -0.15) is 5.10 Å². The van der Waals surface area contributed by atoms with Crippen molar-refractivity contribution in [2.75, 3.05) is 6.61 Å². The second-order valence-corrected chi connectivity index (χ2v) is 6.14. The summed E-state index contributed by atoms with van der Waals surface area (Å²) < 4.78 is 7.10. The van der Waals surface area contributed by atoms with Gasteiger partial charge in [0.2, 0.25) is 5.88 Å². The number of benzene rings is 1. The number of nitrogens with one attached hydrogen (secondary N) is 1. The highest BCUT2D eigenvalue weighted by Gasteiger charge is 2.25. The molecule has 24 heavy (non-hydrogen) atoms.